The van der Waals surface area contributed by atoms with Crippen molar-refractivity contribution in [1.29, 1.82) is 0 Å². The van der Waals surface area contributed by atoms with Crippen LogP contribution in [0.1, 0.15) is 64.2 Å². The van der Waals surface area contributed by atoms with Gasteiger partial charge in [-0.15, -0.1) is 0 Å². The van der Waals surface area contributed by atoms with Crippen LogP contribution in [0.25, 0.3) is 11.0 Å². The zero-order valence-electron chi connectivity index (χ0n) is 15.8. The summed E-state index contributed by atoms with van der Waals surface area (Å²) in [6, 6.07) is 6.92. The van der Waals surface area contributed by atoms with E-state index in [1.807, 2.05) is 18.2 Å². The van der Waals surface area contributed by atoms with E-state index in [9.17, 15) is 14.7 Å². The van der Waals surface area contributed by atoms with Gasteiger partial charge in [0, 0.05) is 6.54 Å². The summed E-state index contributed by atoms with van der Waals surface area (Å²) in [5.74, 6) is 0.487. The highest BCUT2D eigenvalue weighted by Crippen LogP contribution is 2.27. The van der Waals surface area contributed by atoms with Gasteiger partial charge in [-0.05, 0) is 56.6 Å². The van der Waals surface area contributed by atoms with Gasteiger partial charge in [-0.25, -0.2) is 14.2 Å². The molecule has 2 N–H and O–H groups in total. The van der Waals surface area contributed by atoms with Crippen LogP contribution in [0.3, 0.4) is 0 Å². The SMILES string of the molecule is O=C(NC1(O)CCCCC1)n1c(=O)n(CC2CCCCC2)c2ccccc21. The fourth-order valence-corrected chi connectivity index (χ4v) is 4.73. The van der Waals surface area contributed by atoms with Crippen LogP contribution in [-0.4, -0.2) is 26.0 Å². The van der Waals surface area contributed by atoms with E-state index in [0.29, 0.717) is 30.8 Å². The van der Waals surface area contributed by atoms with Gasteiger partial charge in [0.05, 0.1) is 11.0 Å². The second-order valence-corrected chi connectivity index (χ2v) is 8.24. The molecular weight excluding hydrogens is 342 g/mol. The van der Waals surface area contributed by atoms with Gasteiger partial charge in [-0.2, -0.15) is 0 Å². The summed E-state index contributed by atoms with van der Waals surface area (Å²) < 4.78 is 2.94. The van der Waals surface area contributed by atoms with Gasteiger partial charge in [0.1, 0.15) is 5.72 Å². The van der Waals surface area contributed by atoms with Crippen molar-refractivity contribution in [3.63, 3.8) is 0 Å². The Morgan fingerprint density at radius 3 is 2.37 bits per heavy atom. The van der Waals surface area contributed by atoms with Crippen LogP contribution in [0.2, 0.25) is 0 Å². The smallest absolute Gasteiger partial charge is 0.337 e. The minimum Gasteiger partial charge on any atom is -0.371 e. The molecule has 27 heavy (non-hydrogen) atoms. The Kier molecular flexibility index (Phi) is 5.08. The highest BCUT2D eigenvalue weighted by Gasteiger charge is 2.32. The number of nitrogens with one attached hydrogen (secondary N) is 1. The maximum atomic E-state index is 13.1. The van der Waals surface area contributed by atoms with Crippen molar-refractivity contribution in [1.82, 2.24) is 14.5 Å². The molecule has 4 rings (SSSR count). The predicted octanol–water partition coefficient (Wildman–Crippen LogP) is 3.59. The first-order chi connectivity index (χ1) is 13.1. The van der Waals surface area contributed by atoms with Crippen molar-refractivity contribution < 1.29 is 9.90 Å². The maximum Gasteiger partial charge on any atom is 0.337 e. The molecule has 146 valence electrons. The van der Waals surface area contributed by atoms with Crippen LogP contribution in [0, 0.1) is 5.92 Å². The third-order valence-corrected chi connectivity index (χ3v) is 6.22. The summed E-state index contributed by atoms with van der Waals surface area (Å²) >= 11 is 0. The predicted molar refractivity (Wildman–Crippen MR) is 105 cm³/mol. The number of para-hydroxylation sites is 2. The molecule has 2 fully saturated rings. The zero-order valence-corrected chi connectivity index (χ0v) is 15.8. The van der Waals surface area contributed by atoms with Gasteiger partial charge in [0.25, 0.3) is 0 Å². The van der Waals surface area contributed by atoms with Gasteiger partial charge in [-0.1, -0.05) is 37.8 Å². The number of aliphatic hydroxyl groups is 1. The quantitative estimate of drug-likeness (QED) is 0.810. The van der Waals surface area contributed by atoms with E-state index in [1.54, 1.807) is 10.6 Å². The highest BCUT2D eigenvalue weighted by molar-refractivity contribution is 5.89. The maximum absolute atomic E-state index is 13.1. The van der Waals surface area contributed by atoms with Crippen molar-refractivity contribution >= 4 is 17.1 Å². The molecule has 6 nitrogen and oxygen atoms in total. The molecule has 1 aromatic carbocycles. The third kappa shape index (κ3) is 3.68. The van der Waals surface area contributed by atoms with Crippen LogP contribution in [-0.2, 0) is 6.54 Å². The van der Waals surface area contributed by atoms with Gasteiger partial charge in [-0.3, -0.25) is 4.57 Å². The zero-order chi connectivity index (χ0) is 18.9. The number of aromatic nitrogens is 2. The number of amides is 1. The van der Waals surface area contributed by atoms with E-state index < -0.39 is 11.8 Å². The molecular formula is C21H29N3O3. The van der Waals surface area contributed by atoms with Crippen molar-refractivity contribution in [2.75, 3.05) is 0 Å². The summed E-state index contributed by atoms with van der Waals surface area (Å²) in [5.41, 5.74) is -0.116. The Morgan fingerprint density at radius 1 is 1.04 bits per heavy atom. The molecule has 2 aliphatic rings. The van der Waals surface area contributed by atoms with Crippen molar-refractivity contribution in [3.05, 3.63) is 34.7 Å². The number of carbonyl (C=O) groups is 1. The molecule has 1 heterocycles. The standard InChI is InChI=1S/C21H29N3O3/c25-19(22-21(27)13-7-2-8-14-21)24-18-12-6-5-11-17(18)23(20(24)26)15-16-9-3-1-4-10-16/h5-6,11-12,16,27H,1-4,7-10,13-15H2,(H,22,25). The average Bonchev–Trinajstić information content (AvgIpc) is 2.95. The molecule has 0 aliphatic heterocycles. The summed E-state index contributed by atoms with van der Waals surface area (Å²) in [6.07, 6.45) is 9.88. The number of nitrogens with zero attached hydrogens (tertiary/aromatic N) is 2. The van der Waals surface area contributed by atoms with Crippen LogP contribution < -0.4 is 11.0 Å². The normalized spacial score (nSPS) is 20.6. The number of fused-ring (bicyclic) bond motifs is 1. The fourth-order valence-electron chi connectivity index (χ4n) is 4.73. The first-order valence-corrected chi connectivity index (χ1v) is 10.3. The van der Waals surface area contributed by atoms with E-state index in [4.69, 9.17) is 0 Å². The number of imidazole rings is 1. The molecule has 2 aromatic rings. The Labute approximate surface area is 159 Å². The first kappa shape index (κ1) is 18.3. The van der Waals surface area contributed by atoms with Crippen molar-refractivity contribution in [2.45, 2.75) is 76.5 Å². The Hall–Kier alpha value is -2.08. The van der Waals surface area contributed by atoms with E-state index in [1.165, 1.54) is 23.8 Å². The van der Waals surface area contributed by atoms with Crippen molar-refractivity contribution in [2.24, 2.45) is 5.92 Å². The summed E-state index contributed by atoms with van der Waals surface area (Å²) in [7, 11) is 0. The number of benzene rings is 1. The van der Waals surface area contributed by atoms with Crippen LogP contribution in [0.15, 0.2) is 29.1 Å². The monoisotopic (exact) mass is 371 g/mol. The Balaban J connectivity index is 1.67. The molecule has 2 aliphatic carbocycles. The fraction of sp³-hybridized carbons (Fsp3) is 0.619. The Bertz CT molecular complexity index is 870. The van der Waals surface area contributed by atoms with E-state index in [-0.39, 0.29) is 5.69 Å². The lowest BCUT2D eigenvalue weighted by atomic mass is 9.89. The number of hydrogen-bond donors (Lipinski definition) is 2. The van der Waals surface area contributed by atoms with E-state index in [2.05, 4.69) is 5.32 Å². The first-order valence-electron chi connectivity index (χ1n) is 10.3. The molecule has 0 atom stereocenters. The lowest BCUT2D eigenvalue weighted by Gasteiger charge is -2.32. The van der Waals surface area contributed by atoms with Gasteiger partial charge >= 0.3 is 11.7 Å². The minimum absolute atomic E-state index is 0.307. The number of carbonyl (C=O) groups excluding carboxylic acids is 1. The average molecular weight is 371 g/mol. The molecule has 0 saturated heterocycles. The van der Waals surface area contributed by atoms with Gasteiger partial charge < -0.3 is 10.4 Å². The summed E-state index contributed by atoms with van der Waals surface area (Å²) in [6.45, 7) is 0.657. The second-order valence-electron chi connectivity index (χ2n) is 8.24. The topological polar surface area (TPSA) is 76.3 Å². The third-order valence-electron chi connectivity index (χ3n) is 6.22. The summed E-state index contributed by atoms with van der Waals surface area (Å²) in [4.78, 5) is 26.1. The number of hydrogen-bond acceptors (Lipinski definition) is 3. The largest absolute Gasteiger partial charge is 0.371 e. The minimum atomic E-state index is -1.21. The lowest BCUT2D eigenvalue weighted by molar-refractivity contribution is -0.0164. The second kappa shape index (κ2) is 7.50. The van der Waals surface area contributed by atoms with E-state index >= 15 is 0 Å². The molecule has 0 bridgehead atoms. The lowest BCUT2D eigenvalue weighted by Crippen LogP contribution is -2.52. The van der Waals surface area contributed by atoms with Crippen LogP contribution >= 0.6 is 0 Å². The van der Waals surface area contributed by atoms with Crippen LogP contribution in [0.5, 0.6) is 0 Å². The van der Waals surface area contributed by atoms with Gasteiger partial charge in [0.2, 0.25) is 0 Å². The van der Waals surface area contributed by atoms with Crippen LogP contribution in [0.4, 0.5) is 4.79 Å². The molecule has 0 radical (unpaired) electrons. The molecule has 0 unspecified atom stereocenters. The molecule has 2 saturated carbocycles. The van der Waals surface area contributed by atoms with Crippen molar-refractivity contribution in [3.8, 4) is 0 Å². The van der Waals surface area contributed by atoms with E-state index in [0.717, 1.165) is 37.6 Å². The summed E-state index contributed by atoms with van der Waals surface area (Å²) in [5, 5.41) is 13.4. The molecule has 1 aromatic heterocycles. The Morgan fingerprint density at radius 2 is 1.67 bits per heavy atom. The molecule has 0 spiro atoms. The molecule has 6 heteroatoms. The number of rotatable bonds is 3. The molecule has 1 amide bonds. The van der Waals surface area contributed by atoms with Gasteiger partial charge in [0.15, 0.2) is 0 Å². The highest BCUT2D eigenvalue weighted by atomic mass is 16.3.